The number of carbonyl (C=O) groups is 2. The van der Waals surface area contributed by atoms with Gasteiger partial charge in [0.2, 0.25) is 0 Å². The Morgan fingerprint density at radius 3 is 2.81 bits per heavy atom. The molecule has 1 rings (SSSR count). The monoisotopic (exact) mass is 229 g/mol. The van der Waals surface area contributed by atoms with Gasteiger partial charge in [-0.05, 0) is 19.3 Å². The first kappa shape index (κ1) is 13.0. The van der Waals surface area contributed by atoms with Crippen LogP contribution in [0, 0.1) is 5.92 Å². The average molecular weight is 229 g/mol. The minimum absolute atomic E-state index is 0.343. The van der Waals surface area contributed by atoms with E-state index in [0.717, 1.165) is 12.8 Å². The van der Waals surface area contributed by atoms with Gasteiger partial charge >= 0.3 is 11.9 Å². The summed E-state index contributed by atoms with van der Waals surface area (Å²) in [4.78, 5) is 22.7. The average Bonchev–Trinajstić information content (AvgIpc) is 2.62. The second-order valence-corrected chi connectivity index (χ2v) is 4.31. The SMILES string of the molecule is CCCCOC(=O)C1CCCC1(N)C(=O)O. The van der Waals surface area contributed by atoms with Crippen LogP contribution in [-0.4, -0.2) is 29.2 Å². The van der Waals surface area contributed by atoms with Gasteiger partial charge in [-0.25, -0.2) is 0 Å². The molecule has 5 heteroatoms. The molecule has 1 aliphatic carbocycles. The normalized spacial score (nSPS) is 29.0. The zero-order chi connectivity index (χ0) is 12.2. The van der Waals surface area contributed by atoms with Crippen LogP contribution in [0.5, 0.6) is 0 Å². The molecule has 0 amide bonds. The van der Waals surface area contributed by atoms with Gasteiger partial charge in [-0.2, -0.15) is 0 Å². The van der Waals surface area contributed by atoms with Crippen molar-refractivity contribution in [3.63, 3.8) is 0 Å². The van der Waals surface area contributed by atoms with Crippen LogP contribution < -0.4 is 5.73 Å². The topological polar surface area (TPSA) is 89.6 Å². The van der Waals surface area contributed by atoms with Gasteiger partial charge in [-0.3, -0.25) is 9.59 Å². The van der Waals surface area contributed by atoms with E-state index in [1.54, 1.807) is 0 Å². The number of carbonyl (C=O) groups excluding carboxylic acids is 1. The minimum Gasteiger partial charge on any atom is -0.480 e. The molecular weight excluding hydrogens is 210 g/mol. The molecule has 0 bridgehead atoms. The maximum atomic E-state index is 11.7. The van der Waals surface area contributed by atoms with Crippen LogP contribution >= 0.6 is 0 Å². The molecule has 2 atom stereocenters. The maximum absolute atomic E-state index is 11.7. The largest absolute Gasteiger partial charge is 0.480 e. The summed E-state index contributed by atoms with van der Waals surface area (Å²) in [6.45, 7) is 2.34. The maximum Gasteiger partial charge on any atom is 0.324 e. The molecule has 3 N–H and O–H groups in total. The van der Waals surface area contributed by atoms with Crippen molar-refractivity contribution in [3.05, 3.63) is 0 Å². The predicted octanol–water partition coefficient (Wildman–Crippen LogP) is 0.912. The van der Waals surface area contributed by atoms with E-state index in [2.05, 4.69) is 0 Å². The Kier molecular flexibility index (Phi) is 4.29. The summed E-state index contributed by atoms with van der Waals surface area (Å²) in [6.07, 6.45) is 3.24. The van der Waals surface area contributed by atoms with E-state index >= 15 is 0 Å². The predicted molar refractivity (Wildman–Crippen MR) is 57.8 cm³/mol. The highest BCUT2D eigenvalue weighted by Crippen LogP contribution is 2.34. The van der Waals surface area contributed by atoms with Crippen LogP contribution in [0.3, 0.4) is 0 Å². The van der Waals surface area contributed by atoms with Crippen LogP contribution in [0.15, 0.2) is 0 Å². The lowest BCUT2D eigenvalue weighted by atomic mass is 9.88. The number of unbranched alkanes of at least 4 members (excludes halogenated alkanes) is 1. The summed E-state index contributed by atoms with van der Waals surface area (Å²) < 4.78 is 5.03. The highest BCUT2D eigenvalue weighted by Gasteiger charge is 2.50. The minimum atomic E-state index is -1.43. The van der Waals surface area contributed by atoms with Crippen LogP contribution in [0.1, 0.15) is 39.0 Å². The van der Waals surface area contributed by atoms with Gasteiger partial charge in [-0.1, -0.05) is 19.8 Å². The highest BCUT2D eigenvalue weighted by molar-refractivity contribution is 5.88. The molecule has 0 spiro atoms. The fourth-order valence-electron chi connectivity index (χ4n) is 2.03. The van der Waals surface area contributed by atoms with Gasteiger partial charge in [0.05, 0.1) is 12.5 Å². The van der Waals surface area contributed by atoms with Gasteiger partial charge in [-0.15, -0.1) is 0 Å². The Bertz CT molecular complexity index is 279. The number of hydrogen-bond acceptors (Lipinski definition) is 4. The summed E-state index contributed by atoms with van der Waals surface area (Å²) >= 11 is 0. The molecule has 0 heterocycles. The first-order valence-electron chi connectivity index (χ1n) is 5.71. The Morgan fingerprint density at radius 1 is 1.56 bits per heavy atom. The van der Waals surface area contributed by atoms with E-state index in [1.165, 1.54) is 0 Å². The summed E-state index contributed by atoms with van der Waals surface area (Å²) in [5, 5.41) is 9.03. The van der Waals surface area contributed by atoms with Gasteiger partial charge in [0.1, 0.15) is 5.54 Å². The molecule has 0 aliphatic heterocycles. The van der Waals surface area contributed by atoms with E-state index in [0.29, 0.717) is 25.9 Å². The van der Waals surface area contributed by atoms with Crippen molar-refractivity contribution >= 4 is 11.9 Å². The van der Waals surface area contributed by atoms with Crippen molar-refractivity contribution in [2.45, 2.75) is 44.6 Å². The van der Waals surface area contributed by atoms with Crippen molar-refractivity contribution in [1.29, 1.82) is 0 Å². The summed E-state index contributed by atoms with van der Waals surface area (Å²) in [6, 6.07) is 0. The molecule has 0 aromatic rings. The number of carboxylic acids is 1. The number of ether oxygens (including phenoxy) is 1. The van der Waals surface area contributed by atoms with Gasteiger partial charge < -0.3 is 15.6 Å². The lowest BCUT2D eigenvalue weighted by Crippen LogP contribution is -2.53. The molecule has 0 radical (unpaired) electrons. The van der Waals surface area contributed by atoms with E-state index < -0.39 is 23.4 Å². The van der Waals surface area contributed by atoms with E-state index in [1.807, 2.05) is 6.92 Å². The Labute approximate surface area is 95.0 Å². The van der Waals surface area contributed by atoms with Crippen molar-refractivity contribution in [2.75, 3.05) is 6.61 Å². The van der Waals surface area contributed by atoms with Gasteiger partial charge in [0.15, 0.2) is 0 Å². The summed E-state index contributed by atoms with van der Waals surface area (Å²) in [7, 11) is 0. The van der Waals surface area contributed by atoms with Crippen LogP contribution in [-0.2, 0) is 14.3 Å². The van der Waals surface area contributed by atoms with Gasteiger partial charge in [0, 0.05) is 0 Å². The molecule has 0 saturated heterocycles. The summed E-state index contributed by atoms with van der Waals surface area (Å²) in [5.74, 6) is -2.26. The number of hydrogen-bond donors (Lipinski definition) is 2. The fourth-order valence-corrected chi connectivity index (χ4v) is 2.03. The number of carboxylic acid groups (broad SMARTS) is 1. The third-order valence-corrected chi connectivity index (χ3v) is 3.13. The molecule has 1 aliphatic rings. The second kappa shape index (κ2) is 5.30. The summed E-state index contributed by atoms with van der Waals surface area (Å²) in [5.41, 5.74) is 4.32. The third kappa shape index (κ3) is 2.52. The Hall–Kier alpha value is -1.10. The zero-order valence-electron chi connectivity index (χ0n) is 9.57. The van der Waals surface area contributed by atoms with Crippen molar-refractivity contribution in [3.8, 4) is 0 Å². The van der Waals surface area contributed by atoms with Gasteiger partial charge in [0.25, 0.3) is 0 Å². The quantitative estimate of drug-likeness (QED) is 0.540. The molecule has 16 heavy (non-hydrogen) atoms. The van der Waals surface area contributed by atoms with E-state index in [9.17, 15) is 9.59 Å². The van der Waals surface area contributed by atoms with Crippen LogP contribution in [0.2, 0.25) is 0 Å². The van der Waals surface area contributed by atoms with Crippen LogP contribution in [0.4, 0.5) is 0 Å². The molecule has 2 unspecified atom stereocenters. The lowest BCUT2D eigenvalue weighted by Gasteiger charge is -2.25. The third-order valence-electron chi connectivity index (χ3n) is 3.13. The fraction of sp³-hybridized carbons (Fsp3) is 0.818. The first-order chi connectivity index (χ1) is 7.52. The molecule has 0 aromatic heterocycles. The molecule has 92 valence electrons. The second-order valence-electron chi connectivity index (χ2n) is 4.31. The Balaban J connectivity index is 2.58. The molecular formula is C11H19NO4. The van der Waals surface area contributed by atoms with Crippen LogP contribution in [0.25, 0.3) is 0 Å². The number of rotatable bonds is 5. The van der Waals surface area contributed by atoms with Crippen molar-refractivity contribution < 1.29 is 19.4 Å². The van der Waals surface area contributed by atoms with Crippen molar-refractivity contribution in [2.24, 2.45) is 11.7 Å². The molecule has 1 saturated carbocycles. The number of nitrogens with two attached hydrogens (primary N) is 1. The number of esters is 1. The zero-order valence-corrected chi connectivity index (χ0v) is 9.57. The van der Waals surface area contributed by atoms with E-state index in [4.69, 9.17) is 15.6 Å². The highest BCUT2D eigenvalue weighted by atomic mass is 16.5. The molecule has 5 nitrogen and oxygen atoms in total. The number of aliphatic carboxylic acids is 1. The molecule has 1 fully saturated rings. The first-order valence-corrected chi connectivity index (χ1v) is 5.71. The molecule has 0 aromatic carbocycles. The van der Waals surface area contributed by atoms with E-state index in [-0.39, 0.29) is 0 Å². The standard InChI is InChI=1S/C11H19NO4/c1-2-3-7-16-9(13)8-5-4-6-11(8,12)10(14)15/h8H,2-7,12H2,1H3,(H,14,15). The van der Waals surface area contributed by atoms with Crippen molar-refractivity contribution in [1.82, 2.24) is 0 Å². The smallest absolute Gasteiger partial charge is 0.324 e. The Morgan fingerprint density at radius 2 is 2.25 bits per heavy atom. The lowest BCUT2D eigenvalue weighted by molar-refractivity contribution is -0.157.